The molecule has 32 heavy (non-hydrogen) atoms. The van der Waals surface area contributed by atoms with E-state index in [9.17, 15) is 5.11 Å². The Morgan fingerprint density at radius 2 is 1.28 bits per heavy atom. The van der Waals surface area contributed by atoms with Gasteiger partial charge in [-0.15, -0.1) is 0 Å². The first kappa shape index (κ1) is 22.5. The molecule has 0 amide bonds. The van der Waals surface area contributed by atoms with E-state index in [0.717, 1.165) is 12.8 Å². The van der Waals surface area contributed by atoms with Crippen LogP contribution in [-0.4, -0.2) is 14.9 Å². The first-order valence-corrected chi connectivity index (χ1v) is 21.7. The molecule has 0 heterocycles. The molecule has 0 spiro atoms. The van der Waals surface area contributed by atoms with Crippen molar-refractivity contribution in [3.63, 3.8) is 0 Å². The Hall–Kier alpha value is -1.31. The van der Waals surface area contributed by atoms with Crippen molar-refractivity contribution in [1.29, 1.82) is 0 Å². The maximum atomic E-state index is 9.46. The molecule has 0 bridgehead atoms. The molecule has 2 aliphatic rings. The van der Waals surface area contributed by atoms with Crippen LogP contribution < -0.4 is 0 Å². The molecule has 2 aliphatic carbocycles. The monoisotopic (exact) mass is 540 g/mol. The summed E-state index contributed by atoms with van der Waals surface area (Å²) in [5, 5.41) is 9.46. The molecule has 0 aliphatic heterocycles. The van der Waals surface area contributed by atoms with Gasteiger partial charge >= 0.3 is 200 Å². The molecule has 1 unspecified atom stereocenters. The molecule has 1 nitrogen and oxygen atoms in total. The topological polar surface area (TPSA) is 20.2 Å². The van der Waals surface area contributed by atoms with Crippen molar-refractivity contribution in [3.8, 4) is 11.1 Å². The van der Waals surface area contributed by atoms with Gasteiger partial charge in [-0.25, -0.2) is 0 Å². The number of aliphatic hydroxyl groups is 1. The van der Waals surface area contributed by atoms with Crippen molar-refractivity contribution in [1.82, 2.24) is 0 Å². The van der Waals surface area contributed by atoms with Crippen LogP contribution in [0.25, 0.3) is 16.7 Å². The van der Waals surface area contributed by atoms with Gasteiger partial charge < -0.3 is 0 Å². The first-order chi connectivity index (χ1) is 15.4. The number of aliphatic hydroxyl groups excluding tert-OH is 1. The zero-order valence-electron chi connectivity index (χ0n) is 18.5. The second kappa shape index (κ2) is 8.17. The summed E-state index contributed by atoms with van der Waals surface area (Å²) in [5.74, 6) is 0. The molecule has 1 atom stereocenters. The third kappa shape index (κ3) is 3.14. The number of fused-ring (bicyclic) bond motifs is 4. The van der Waals surface area contributed by atoms with Crippen LogP contribution in [0.3, 0.4) is 0 Å². The van der Waals surface area contributed by atoms with Gasteiger partial charge in [0.15, 0.2) is 0 Å². The van der Waals surface area contributed by atoms with E-state index >= 15 is 0 Å². The number of allylic oxidation sites excluding steroid dienone is 2. The summed E-state index contributed by atoms with van der Waals surface area (Å²) in [6.45, 7) is 4.48. The molecule has 5 rings (SSSR count). The second-order valence-corrected chi connectivity index (χ2v) is 31.2. The second-order valence-electron chi connectivity index (χ2n) is 9.34. The molecule has 0 saturated heterocycles. The zero-order chi connectivity index (χ0) is 22.5. The molecular formula is C28H28Cl2OZr. The number of hydrogen-bond acceptors (Lipinski definition) is 1. The van der Waals surface area contributed by atoms with E-state index in [1.165, 1.54) is 42.2 Å². The van der Waals surface area contributed by atoms with E-state index in [4.69, 9.17) is 17.0 Å². The van der Waals surface area contributed by atoms with E-state index < -0.39 is 15.9 Å². The van der Waals surface area contributed by atoms with Crippen molar-refractivity contribution in [2.45, 2.75) is 33.9 Å². The van der Waals surface area contributed by atoms with Gasteiger partial charge in [-0.2, -0.15) is 0 Å². The zero-order valence-corrected chi connectivity index (χ0v) is 22.5. The van der Waals surface area contributed by atoms with Gasteiger partial charge in [0.2, 0.25) is 0 Å². The van der Waals surface area contributed by atoms with Gasteiger partial charge in [0.25, 0.3) is 0 Å². The van der Waals surface area contributed by atoms with Gasteiger partial charge in [0.1, 0.15) is 0 Å². The van der Waals surface area contributed by atoms with Crippen LogP contribution in [0.15, 0.2) is 78.9 Å². The Morgan fingerprint density at radius 3 is 1.81 bits per heavy atom. The average molecular weight is 543 g/mol. The molecule has 0 aromatic heterocycles. The average Bonchev–Trinajstić information content (AvgIpc) is 3.35. The summed E-state index contributed by atoms with van der Waals surface area (Å²) in [6.07, 6.45) is 3.93. The number of hydrogen-bond donors (Lipinski definition) is 1. The number of benzene rings is 3. The van der Waals surface area contributed by atoms with Gasteiger partial charge in [-0.3, -0.25) is 0 Å². The summed E-state index contributed by atoms with van der Waals surface area (Å²) in [7, 11) is 16.1. The minimum absolute atomic E-state index is 0.00104. The predicted molar refractivity (Wildman–Crippen MR) is 135 cm³/mol. The Labute approximate surface area is 198 Å². The van der Waals surface area contributed by atoms with Crippen LogP contribution in [0.4, 0.5) is 0 Å². The van der Waals surface area contributed by atoms with Crippen LogP contribution >= 0.6 is 17.0 Å². The summed E-state index contributed by atoms with van der Waals surface area (Å²) in [6, 6.07) is 25.8. The van der Waals surface area contributed by atoms with Crippen molar-refractivity contribution < 1.29 is 21.0 Å². The van der Waals surface area contributed by atoms with Gasteiger partial charge in [0.05, 0.1) is 0 Å². The molecule has 164 valence electrons. The van der Waals surface area contributed by atoms with Crippen LogP contribution in [0.2, 0.25) is 0 Å². The quantitative estimate of drug-likeness (QED) is 0.348. The van der Waals surface area contributed by atoms with E-state index in [2.05, 4.69) is 92.7 Å². The molecule has 4 heteroatoms. The first-order valence-electron chi connectivity index (χ1n) is 11.3. The van der Waals surface area contributed by atoms with E-state index in [0.29, 0.717) is 0 Å². The molecule has 3 aromatic rings. The summed E-state index contributed by atoms with van der Waals surface area (Å²) >= 11 is -4.79. The molecular weight excluding hydrogens is 514 g/mol. The molecule has 1 N–H and O–H groups in total. The maximum absolute atomic E-state index is 9.46. The molecule has 0 fully saturated rings. The van der Waals surface area contributed by atoms with Crippen LogP contribution in [0, 0.1) is 0 Å². The molecule has 3 aromatic carbocycles. The summed E-state index contributed by atoms with van der Waals surface area (Å²) in [5.41, 5.74) is 8.80. The van der Waals surface area contributed by atoms with Crippen molar-refractivity contribution >= 4 is 25.8 Å². The van der Waals surface area contributed by atoms with Crippen molar-refractivity contribution in [3.05, 3.63) is 101 Å². The Bertz CT molecular complexity index is 1260. The molecule has 0 saturated carbocycles. The normalized spacial score (nSPS) is 17.6. The Morgan fingerprint density at radius 1 is 0.781 bits per heavy atom. The van der Waals surface area contributed by atoms with Crippen LogP contribution in [0.5, 0.6) is 0 Å². The fraction of sp³-hybridized carbons (Fsp3) is 0.250. The summed E-state index contributed by atoms with van der Waals surface area (Å²) in [4.78, 5) is 0. The fourth-order valence-electron chi connectivity index (χ4n) is 5.87. The summed E-state index contributed by atoms with van der Waals surface area (Å²) < 4.78 is 1.19. The van der Waals surface area contributed by atoms with E-state index in [1.807, 2.05) is 0 Å². The third-order valence-electron chi connectivity index (χ3n) is 7.50. The third-order valence-corrected chi connectivity index (χ3v) is 30.1. The number of halogens is 2. The Balaban J connectivity index is 1.81. The fourth-order valence-corrected chi connectivity index (χ4v) is 21.9. The standard InChI is InChI=1S/C13H9.C12H13O.C3H6.2ClH.Zr/c1-3-7-12-10(5-1)9-11-6-2-4-8-13(11)12;13-9-3-5-11-8-7-10-4-1-2-6-12(10)11;1-3-2;;;/h1-9H;1-2,4,6-8,13H,3,5,9H2;1-2H3;2*1H;/q;;;;;+2/p-2. The van der Waals surface area contributed by atoms with E-state index in [-0.39, 0.29) is 13.9 Å². The minimum atomic E-state index is -4.79. The van der Waals surface area contributed by atoms with Crippen LogP contribution in [0.1, 0.15) is 56.2 Å². The Kier molecular flexibility index (Phi) is 5.74. The van der Waals surface area contributed by atoms with Gasteiger partial charge in [0, 0.05) is 0 Å². The van der Waals surface area contributed by atoms with Gasteiger partial charge in [-0.05, 0) is 0 Å². The predicted octanol–water partition coefficient (Wildman–Crippen LogP) is 7.88. The van der Waals surface area contributed by atoms with Gasteiger partial charge in [-0.1, -0.05) is 0 Å². The van der Waals surface area contributed by atoms with Crippen LogP contribution in [-0.2, 0) is 15.9 Å². The number of rotatable bonds is 5. The van der Waals surface area contributed by atoms with Crippen molar-refractivity contribution in [2.75, 3.05) is 6.61 Å². The molecule has 0 radical (unpaired) electrons. The van der Waals surface area contributed by atoms with E-state index in [1.54, 1.807) is 0 Å². The van der Waals surface area contributed by atoms with Crippen molar-refractivity contribution in [2.24, 2.45) is 0 Å². The SMILES string of the molecule is C[C](C)=[Zr]([Cl])([Cl])([CH]1C=C(CCCO)c2ccccc21)[CH]1c2ccccc2-c2ccccc21.